The maximum absolute atomic E-state index is 5.90. The molecule has 1 aliphatic heterocycles. The third-order valence-corrected chi connectivity index (χ3v) is 4.04. The lowest BCUT2D eigenvalue weighted by atomic mass is 9.98. The summed E-state index contributed by atoms with van der Waals surface area (Å²) in [6.45, 7) is 5.26. The summed E-state index contributed by atoms with van der Waals surface area (Å²) >= 11 is 5.90. The number of nitrogens with zero attached hydrogens (tertiary/aromatic N) is 1. The zero-order chi connectivity index (χ0) is 13.0. The lowest BCUT2D eigenvalue weighted by Crippen LogP contribution is -2.37. The van der Waals surface area contributed by atoms with Crippen molar-refractivity contribution in [3.05, 3.63) is 29.3 Å². The van der Waals surface area contributed by atoms with Gasteiger partial charge in [0.15, 0.2) is 0 Å². The molecule has 0 saturated carbocycles. The van der Waals surface area contributed by atoms with Crippen LogP contribution in [0.25, 0.3) is 0 Å². The van der Waals surface area contributed by atoms with Crippen LogP contribution in [0, 0.1) is 12.8 Å². The number of aryl methyl sites for hydroxylation is 1. The second kappa shape index (κ2) is 6.44. The van der Waals surface area contributed by atoms with Gasteiger partial charge in [-0.05, 0) is 48.9 Å². The average Bonchev–Trinajstić information content (AvgIpc) is 2.39. The van der Waals surface area contributed by atoms with Gasteiger partial charge in [-0.25, -0.2) is 0 Å². The fourth-order valence-electron chi connectivity index (χ4n) is 2.70. The predicted molar refractivity (Wildman–Crippen MR) is 77.5 cm³/mol. The van der Waals surface area contributed by atoms with Crippen LogP contribution in [0.4, 0.5) is 5.69 Å². The quantitative estimate of drug-likeness (QED) is 0.773. The standard InChI is InChI=1S/C15H22ClNO/c1-12-8-15(6-5-14(12)9-16)17-7-3-4-13(10-17)11-18-2/h5-6,8,13H,3-4,7,9-11H2,1-2H3. The molecule has 0 spiro atoms. The summed E-state index contributed by atoms with van der Waals surface area (Å²) < 4.78 is 5.28. The summed E-state index contributed by atoms with van der Waals surface area (Å²) in [6, 6.07) is 6.60. The van der Waals surface area contributed by atoms with E-state index in [2.05, 4.69) is 30.0 Å². The molecule has 0 aliphatic carbocycles. The molecule has 3 heteroatoms. The Morgan fingerprint density at radius 2 is 2.28 bits per heavy atom. The van der Waals surface area contributed by atoms with Crippen molar-refractivity contribution in [2.24, 2.45) is 5.92 Å². The normalized spacial score (nSPS) is 20.2. The molecule has 1 aromatic rings. The van der Waals surface area contributed by atoms with Gasteiger partial charge in [0.25, 0.3) is 0 Å². The van der Waals surface area contributed by atoms with E-state index in [1.165, 1.54) is 29.7 Å². The number of anilines is 1. The highest BCUT2D eigenvalue weighted by Crippen LogP contribution is 2.25. The molecule has 2 rings (SSSR count). The number of hydrogen-bond acceptors (Lipinski definition) is 2. The summed E-state index contributed by atoms with van der Waals surface area (Å²) in [7, 11) is 1.79. The van der Waals surface area contributed by atoms with E-state index in [1.54, 1.807) is 7.11 Å². The molecule has 1 aliphatic rings. The van der Waals surface area contributed by atoms with E-state index in [9.17, 15) is 0 Å². The van der Waals surface area contributed by atoms with Gasteiger partial charge in [0.1, 0.15) is 0 Å². The largest absolute Gasteiger partial charge is 0.384 e. The second-order valence-corrected chi connectivity index (χ2v) is 5.42. The topological polar surface area (TPSA) is 12.5 Å². The number of ether oxygens (including phenoxy) is 1. The number of piperidine rings is 1. The predicted octanol–water partition coefficient (Wildman–Crippen LogP) is 3.60. The Labute approximate surface area is 115 Å². The summed E-state index contributed by atoms with van der Waals surface area (Å²) in [4.78, 5) is 2.47. The minimum absolute atomic E-state index is 0.596. The van der Waals surface area contributed by atoms with Gasteiger partial charge in [0, 0.05) is 31.8 Å². The van der Waals surface area contributed by atoms with Gasteiger partial charge in [0.2, 0.25) is 0 Å². The molecule has 0 amide bonds. The van der Waals surface area contributed by atoms with Crippen molar-refractivity contribution in [2.45, 2.75) is 25.6 Å². The molecule has 0 bridgehead atoms. The molecule has 0 radical (unpaired) electrons. The Bertz CT molecular complexity index is 392. The zero-order valence-electron chi connectivity index (χ0n) is 11.3. The van der Waals surface area contributed by atoms with Gasteiger partial charge in [-0.3, -0.25) is 0 Å². The van der Waals surface area contributed by atoms with Gasteiger partial charge >= 0.3 is 0 Å². The average molecular weight is 268 g/mol. The first kappa shape index (κ1) is 13.7. The van der Waals surface area contributed by atoms with Gasteiger partial charge in [-0.2, -0.15) is 0 Å². The number of benzene rings is 1. The van der Waals surface area contributed by atoms with Crippen molar-refractivity contribution in [1.82, 2.24) is 0 Å². The molecule has 1 atom stereocenters. The van der Waals surface area contributed by atoms with Crippen molar-refractivity contribution < 1.29 is 4.74 Å². The molecule has 1 aromatic carbocycles. The number of methoxy groups -OCH3 is 1. The summed E-state index contributed by atoms with van der Waals surface area (Å²) in [6.07, 6.45) is 2.54. The first-order chi connectivity index (χ1) is 8.74. The van der Waals surface area contributed by atoms with E-state index in [0.717, 1.165) is 19.7 Å². The molecule has 1 saturated heterocycles. The highest BCUT2D eigenvalue weighted by atomic mass is 35.5. The monoisotopic (exact) mass is 267 g/mol. The highest BCUT2D eigenvalue weighted by Gasteiger charge is 2.20. The minimum atomic E-state index is 0.596. The van der Waals surface area contributed by atoms with E-state index in [4.69, 9.17) is 16.3 Å². The van der Waals surface area contributed by atoms with Gasteiger partial charge in [-0.15, -0.1) is 11.6 Å². The molecule has 0 aromatic heterocycles. The lowest BCUT2D eigenvalue weighted by molar-refractivity contribution is 0.143. The number of rotatable bonds is 4. The SMILES string of the molecule is COCC1CCCN(c2ccc(CCl)c(C)c2)C1. The highest BCUT2D eigenvalue weighted by molar-refractivity contribution is 6.17. The van der Waals surface area contributed by atoms with Crippen LogP contribution < -0.4 is 4.90 Å². The fraction of sp³-hybridized carbons (Fsp3) is 0.600. The van der Waals surface area contributed by atoms with Crippen LogP contribution in [-0.4, -0.2) is 26.8 Å². The second-order valence-electron chi connectivity index (χ2n) is 5.15. The maximum atomic E-state index is 5.90. The third-order valence-electron chi connectivity index (χ3n) is 3.76. The zero-order valence-corrected chi connectivity index (χ0v) is 12.0. The van der Waals surface area contributed by atoms with E-state index in [0.29, 0.717) is 11.8 Å². The molecule has 1 heterocycles. The first-order valence-corrected chi connectivity index (χ1v) is 7.17. The minimum Gasteiger partial charge on any atom is -0.384 e. The molecule has 1 fully saturated rings. The molecular formula is C15H22ClNO. The molecule has 2 nitrogen and oxygen atoms in total. The smallest absolute Gasteiger partial charge is 0.0507 e. The van der Waals surface area contributed by atoms with Crippen LogP contribution in [0.3, 0.4) is 0 Å². The van der Waals surface area contributed by atoms with Crippen molar-refractivity contribution in [1.29, 1.82) is 0 Å². The Kier molecular flexibility index (Phi) is 4.90. The van der Waals surface area contributed by atoms with Gasteiger partial charge in [-0.1, -0.05) is 6.07 Å². The molecule has 18 heavy (non-hydrogen) atoms. The number of alkyl halides is 1. The van der Waals surface area contributed by atoms with E-state index in [1.807, 2.05) is 0 Å². The Morgan fingerprint density at radius 1 is 1.44 bits per heavy atom. The molecule has 1 unspecified atom stereocenters. The lowest BCUT2D eigenvalue weighted by Gasteiger charge is -2.34. The van der Waals surface area contributed by atoms with E-state index >= 15 is 0 Å². The van der Waals surface area contributed by atoms with Crippen molar-refractivity contribution in [3.63, 3.8) is 0 Å². The van der Waals surface area contributed by atoms with Crippen LogP contribution in [-0.2, 0) is 10.6 Å². The molecule has 0 N–H and O–H groups in total. The van der Waals surface area contributed by atoms with Crippen molar-refractivity contribution in [2.75, 3.05) is 31.7 Å². The van der Waals surface area contributed by atoms with Crippen LogP contribution in [0.5, 0.6) is 0 Å². The summed E-state index contributed by atoms with van der Waals surface area (Å²) in [5, 5.41) is 0. The van der Waals surface area contributed by atoms with Crippen LogP contribution >= 0.6 is 11.6 Å². The fourth-order valence-corrected chi connectivity index (χ4v) is 3.00. The van der Waals surface area contributed by atoms with E-state index in [-0.39, 0.29) is 0 Å². The Balaban J connectivity index is 2.08. The summed E-state index contributed by atoms with van der Waals surface area (Å²) in [5.74, 6) is 1.26. The number of hydrogen-bond donors (Lipinski definition) is 0. The Hall–Kier alpha value is -0.730. The van der Waals surface area contributed by atoms with Crippen LogP contribution in [0.2, 0.25) is 0 Å². The first-order valence-electron chi connectivity index (χ1n) is 6.64. The molecular weight excluding hydrogens is 246 g/mol. The van der Waals surface area contributed by atoms with E-state index < -0.39 is 0 Å². The molecule has 100 valence electrons. The van der Waals surface area contributed by atoms with Crippen molar-refractivity contribution >= 4 is 17.3 Å². The maximum Gasteiger partial charge on any atom is 0.0507 e. The van der Waals surface area contributed by atoms with Gasteiger partial charge in [0.05, 0.1) is 6.61 Å². The van der Waals surface area contributed by atoms with Crippen LogP contribution in [0.15, 0.2) is 18.2 Å². The number of halogens is 1. The van der Waals surface area contributed by atoms with Gasteiger partial charge < -0.3 is 9.64 Å². The van der Waals surface area contributed by atoms with Crippen LogP contribution in [0.1, 0.15) is 24.0 Å². The third kappa shape index (κ3) is 3.18. The Morgan fingerprint density at radius 3 is 2.94 bits per heavy atom. The summed E-state index contributed by atoms with van der Waals surface area (Å²) in [5.41, 5.74) is 3.84. The van der Waals surface area contributed by atoms with Crippen molar-refractivity contribution in [3.8, 4) is 0 Å².